The molecule has 0 unspecified atom stereocenters. The molecule has 0 bridgehead atoms. The topological polar surface area (TPSA) is 3.24 Å². The fraction of sp³-hybridized carbons (Fsp3) is 0.625. The van der Waals surface area contributed by atoms with E-state index in [1.54, 1.807) is 0 Å². The molecule has 108 valence electrons. The molecule has 0 saturated heterocycles. The fourth-order valence-corrected chi connectivity index (χ4v) is 3.32. The third kappa shape index (κ3) is 4.11. The van der Waals surface area contributed by atoms with Gasteiger partial charge in [-0.15, -0.1) is 0 Å². The first-order valence-corrected chi connectivity index (χ1v) is 7.89. The predicted molar refractivity (Wildman–Crippen MR) is 86.5 cm³/mol. The maximum atomic E-state index is 6.15. The average molecular weight is 302 g/mol. The molecule has 0 N–H and O–H groups in total. The first kappa shape index (κ1) is 16.8. The predicted octanol–water partition coefficient (Wildman–Crippen LogP) is 5.39. The number of hydrogen-bond acceptors (Lipinski definition) is 1. The van der Waals surface area contributed by atoms with Gasteiger partial charge in [0.05, 0.1) is 10.0 Å². The molecule has 1 aliphatic rings. The monoisotopic (exact) mass is 301 g/mol. The second-order valence-corrected chi connectivity index (χ2v) is 6.17. The molecule has 1 nitrogen and oxygen atoms in total. The van der Waals surface area contributed by atoms with Crippen LogP contribution in [0, 0.1) is 0 Å². The summed E-state index contributed by atoms with van der Waals surface area (Å²) in [5, 5.41) is 1.32. The maximum Gasteiger partial charge on any atom is 0.0595 e. The maximum absolute atomic E-state index is 6.15. The van der Waals surface area contributed by atoms with Gasteiger partial charge in [-0.3, -0.25) is 0 Å². The quantitative estimate of drug-likeness (QED) is 0.723. The second-order valence-electron chi connectivity index (χ2n) is 5.35. The van der Waals surface area contributed by atoms with Gasteiger partial charge < -0.3 is 4.90 Å². The molecule has 1 aromatic carbocycles. The highest BCUT2D eigenvalue weighted by Crippen LogP contribution is 2.42. The largest absolute Gasteiger partial charge is 0.309 e. The molecule has 0 spiro atoms. The Kier molecular flexibility index (Phi) is 6.65. The molecule has 0 aromatic heterocycles. The van der Waals surface area contributed by atoms with Crippen molar-refractivity contribution in [2.75, 3.05) is 20.6 Å². The third-order valence-electron chi connectivity index (χ3n) is 3.71. The number of nitrogens with zero attached hydrogens (tertiary/aromatic N) is 1. The van der Waals surface area contributed by atoms with Gasteiger partial charge in [-0.2, -0.15) is 0 Å². The summed E-state index contributed by atoms with van der Waals surface area (Å²) >= 11 is 12.1. The molecule has 0 aliphatic heterocycles. The van der Waals surface area contributed by atoms with Crippen molar-refractivity contribution in [2.45, 2.75) is 44.9 Å². The van der Waals surface area contributed by atoms with E-state index in [4.69, 9.17) is 23.2 Å². The Morgan fingerprint density at radius 3 is 2.11 bits per heavy atom. The molecular weight excluding hydrogens is 277 g/mol. The van der Waals surface area contributed by atoms with Crippen molar-refractivity contribution in [3.05, 3.63) is 33.8 Å². The van der Waals surface area contributed by atoms with Crippen molar-refractivity contribution < 1.29 is 0 Å². The van der Waals surface area contributed by atoms with Gasteiger partial charge in [0.1, 0.15) is 0 Å². The fourth-order valence-electron chi connectivity index (χ4n) is 3.02. The van der Waals surface area contributed by atoms with Crippen LogP contribution in [-0.2, 0) is 5.41 Å². The summed E-state index contributed by atoms with van der Waals surface area (Å²) in [4.78, 5) is 2.27. The van der Waals surface area contributed by atoms with E-state index in [0.29, 0.717) is 10.0 Å². The Balaban J connectivity index is 0.000000861. The second kappa shape index (κ2) is 7.52. The first-order chi connectivity index (χ1) is 9.03. The van der Waals surface area contributed by atoms with E-state index in [0.717, 1.165) is 6.54 Å². The lowest BCUT2D eigenvalue weighted by atomic mass is 9.78. The van der Waals surface area contributed by atoms with Crippen LogP contribution in [0.2, 0.25) is 10.0 Å². The Hall–Kier alpha value is -0.240. The standard InChI is InChI=1S/C14H19Cl2N.C2H6/c1-17(2)10-14(7-3-4-8-14)11-5-6-12(15)13(16)9-11;1-2/h5-6,9H,3-4,7-8,10H2,1-2H3;1-2H3. The van der Waals surface area contributed by atoms with Crippen molar-refractivity contribution in [1.82, 2.24) is 4.90 Å². The number of likely N-dealkylation sites (N-methyl/N-ethyl adjacent to an activating group) is 1. The Bertz CT molecular complexity index is 396. The highest BCUT2D eigenvalue weighted by molar-refractivity contribution is 6.42. The lowest BCUT2D eigenvalue weighted by molar-refractivity contribution is 0.284. The van der Waals surface area contributed by atoms with Crippen LogP contribution in [-0.4, -0.2) is 25.5 Å². The van der Waals surface area contributed by atoms with Gasteiger partial charge in [0.25, 0.3) is 0 Å². The molecule has 1 aliphatic carbocycles. The van der Waals surface area contributed by atoms with E-state index in [2.05, 4.69) is 31.1 Å². The van der Waals surface area contributed by atoms with E-state index in [1.165, 1.54) is 31.2 Å². The highest BCUT2D eigenvalue weighted by atomic mass is 35.5. The lowest BCUT2D eigenvalue weighted by Crippen LogP contribution is -2.35. The summed E-state index contributed by atoms with van der Waals surface area (Å²) in [5.74, 6) is 0. The van der Waals surface area contributed by atoms with E-state index in [-0.39, 0.29) is 5.41 Å². The van der Waals surface area contributed by atoms with Crippen LogP contribution >= 0.6 is 23.2 Å². The summed E-state index contributed by atoms with van der Waals surface area (Å²) in [7, 11) is 4.27. The van der Waals surface area contributed by atoms with Crippen molar-refractivity contribution in [2.24, 2.45) is 0 Å². The molecule has 0 radical (unpaired) electrons. The molecule has 0 heterocycles. The zero-order valence-electron chi connectivity index (χ0n) is 12.5. The zero-order chi connectivity index (χ0) is 14.5. The van der Waals surface area contributed by atoms with Gasteiger partial charge in [-0.25, -0.2) is 0 Å². The van der Waals surface area contributed by atoms with Crippen molar-refractivity contribution in [1.29, 1.82) is 0 Å². The van der Waals surface area contributed by atoms with E-state index < -0.39 is 0 Å². The minimum atomic E-state index is 0.276. The summed E-state index contributed by atoms with van der Waals surface area (Å²) in [5.41, 5.74) is 1.62. The van der Waals surface area contributed by atoms with Crippen LogP contribution in [0.25, 0.3) is 0 Å². The molecular formula is C16H25Cl2N. The van der Waals surface area contributed by atoms with E-state index in [9.17, 15) is 0 Å². The summed E-state index contributed by atoms with van der Waals surface area (Å²) in [6.07, 6.45) is 5.13. The summed E-state index contributed by atoms with van der Waals surface area (Å²) in [6.45, 7) is 5.09. The number of halogens is 2. The van der Waals surface area contributed by atoms with Crippen LogP contribution in [0.1, 0.15) is 45.1 Å². The molecule has 0 amide bonds. The van der Waals surface area contributed by atoms with Crippen LogP contribution in [0.4, 0.5) is 0 Å². The van der Waals surface area contributed by atoms with Gasteiger partial charge in [0, 0.05) is 12.0 Å². The molecule has 1 saturated carbocycles. The third-order valence-corrected chi connectivity index (χ3v) is 4.45. The van der Waals surface area contributed by atoms with Crippen LogP contribution < -0.4 is 0 Å². The van der Waals surface area contributed by atoms with Crippen LogP contribution in [0.5, 0.6) is 0 Å². The van der Waals surface area contributed by atoms with E-state index in [1.807, 2.05) is 19.9 Å². The molecule has 3 heteroatoms. The van der Waals surface area contributed by atoms with Crippen LogP contribution in [0.3, 0.4) is 0 Å². The van der Waals surface area contributed by atoms with Gasteiger partial charge in [-0.1, -0.05) is 56.0 Å². The van der Waals surface area contributed by atoms with Crippen molar-refractivity contribution in [3.63, 3.8) is 0 Å². The van der Waals surface area contributed by atoms with Crippen molar-refractivity contribution >= 4 is 23.2 Å². The smallest absolute Gasteiger partial charge is 0.0595 e. The first-order valence-electron chi connectivity index (χ1n) is 7.14. The number of benzene rings is 1. The van der Waals surface area contributed by atoms with Gasteiger partial charge in [0.15, 0.2) is 0 Å². The Labute approximate surface area is 127 Å². The normalized spacial score (nSPS) is 17.2. The molecule has 0 atom stereocenters. The number of hydrogen-bond donors (Lipinski definition) is 0. The molecule has 2 rings (SSSR count). The van der Waals surface area contributed by atoms with Gasteiger partial charge >= 0.3 is 0 Å². The summed E-state index contributed by atoms with van der Waals surface area (Å²) in [6, 6.07) is 6.12. The minimum Gasteiger partial charge on any atom is -0.309 e. The number of rotatable bonds is 3. The highest BCUT2D eigenvalue weighted by Gasteiger charge is 2.36. The molecule has 1 fully saturated rings. The zero-order valence-corrected chi connectivity index (χ0v) is 14.0. The minimum absolute atomic E-state index is 0.276. The Morgan fingerprint density at radius 1 is 1.05 bits per heavy atom. The van der Waals surface area contributed by atoms with Gasteiger partial charge in [-0.05, 0) is 44.6 Å². The molecule has 19 heavy (non-hydrogen) atoms. The lowest BCUT2D eigenvalue weighted by Gasteiger charge is -2.33. The van der Waals surface area contributed by atoms with Crippen molar-refractivity contribution in [3.8, 4) is 0 Å². The molecule has 1 aromatic rings. The summed E-state index contributed by atoms with van der Waals surface area (Å²) < 4.78 is 0. The van der Waals surface area contributed by atoms with Gasteiger partial charge in [0.2, 0.25) is 0 Å². The Morgan fingerprint density at radius 2 is 1.63 bits per heavy atom. The SMILES string of the molecule is CC.CN(C)CC1(c2ccc(Cl)c(Cl)c2)CCCC1. The average Bonchev–Trinajstić information content (AvgIpc) is 2.84. The van der Waals surface area contributed by atoms with Crippen LogP contribution in [0.15, 0.2) is 18.2 Å². The van der Waals surface area contributed by atoms with E-state index >= 15 is 0 Å².